The Morgan fingerprint density at radius 3 is 1.50 bits per heavy atom. The van der Waals surface area contributed by atoms with Crippen LogP contribution in [0.3, 0.4) is 0 Å². The minimum absolute atomic E-state index is 0.0146. The largest absolute Gasteiger partial charge is 0.507 e. The van der Waals surface area contributed by atoms with Gasteiger partial charge in [-0.05, 0) is 164 Å². The number of phenols is 3. The normalized spacial score (nSPS) is 16.8. The van der Waals surface area contributed by atoms with Crippen molar-refractivity contribution in [3.63, 3.8) is 0 Å². The molecule has 2 aliphatic rings. The third-order valence-corrected chi connectivity index (χ3v) is 12.3. The molecule has 0 bridgehead atoms. The van der Waals surface area contributed by atoms with Crippen molar-refractivity contribution in [3.05, 3.63) is 86.5 Å². The molecule has 12 nitrogen and oxygen atoms in total. The first kappa shape index (κ1) is 52.4. The third-order valence-electron chi connectivity index (χ3n) is 12.3. The molecular weight excluding hydrogens is 815 g/mol. The van der Waals surface area contributed by atoms with E-state index < -0.39 is 0 Å². The van der Waals surface area contributed by atoms with E-state index in [0.29, 0.717) is 75.9 Å². The molecule has 12 heteroatoms. The van der Waals surface area contributed by atoms with Gasteiger partial charge in [0.1, 0.15) is 30.5 Å². The lowest BCUT2D eigenvalue weighted by Gasteiger charge is -2.54. The molecule has 0 aromatic heterocycles. The molecule has 356 valence electrons. The van der Waals surface area contributed by atoms with Gasteiger partial charge >= 0.3 is 11.9 Å². The van der Waals surface area contributed by atoms with Crippen molar-refractivity contribution in [2.45, 2.75) is 164 Å². The van der Waals surface area contributed by atoms with E-state index in [0.717, 1.165) is 76.6 Å². The number of esters is 2. The summed E-state index contributed by atoms with van der Waals surface area (Å²) in [4.78, 5) is 38.4. The maximum atomic E-state index is 12.4. The first-order valence-electron chi connectivity index (χ1n) is 23.0. The summed E-state index contributed by atoms with van der Waals surface area (Å²) >= 11 is 0. The second-order valence-corrected chi connectivity index (χ2v) is 19.9. The Morgan fingerprint density at radius 2 is 1.06 bits per heavy atom. The van der Waals surface area contributed by atoms with Gasteiger partial charge in [0.2, 0.25) is 0 Å². The van der Waals surface area contributed by atoms with Gasteiger partial charge in [-0.1, -0.05) is 50.2 Å². The molecule has 2 saturated heterocycles. The van der Waals surface area contributed by atoms with Crippen LogP contribution >= 0.6 is 0 Å². The molecule has 0 amide bonds. The molecule has 3 aromatic rings. The van der Waals surface area contributed by atoms with E-state index >= 15 is 0 Å². The van der Waals surface area contributed by atoms with Crippen LogP contribution in [0.5, 0.6) is 17.2 Å². The summed E-state index contributed by atoms with van der Waals surface area (Å²) < 4.78 is 22.2. The van der Waals surface area contributed by atoms with Crippen molar-refractivity contribution < 1.29 is 53.6 Å². The highest BCUT2D eigenvalue weighted by Gasteiger charge is 2.46. The lowest BCUT2D eigenvalue weighted by Crippen LogP contribution is -2.62. The molecule has 2 aliphatic heterocycles. The van der Waals surface area contributed by atoms with Crippen LogP contribution in [0.1, 0.15) is 130 Å². The van der Waals surface area contributed by atoms with Crippen molar-refractivity contribution in [3.8, 4) is 17.2 Å². The molecule has 3 N–H and O–H groups in total. The van der Waals surface area contributed by atoms with Crippen LogP contribution in [0.15, 0.2) is 36.4 Å². The Bertz CT molecular complexity index is 1930. The van der Waals surface area contributed by atoms with E-state index in [-0.39, 0.29) is 47.4 Å². The van der Waals surface area contributed by atoms with Crippen LogP contribution in [0.25, 0.3) is 0 Å². The average Bonchev–Trinajstić information content (AvgIpc) is 3.22. The smallest absolute Gasteiger partial charge is 0.306 e. The van der Waals surface area contributed by atoms with Gasteiger partial charge in [-0.25, -0.2) is 9.78 Å². The Hall–Kier alpha value is -4.20. The molecule has 0 unspecified atom stereocenters. The molecule has 0 radical (unpaired) electrons. The highest BCUT2D eigenvalue weighted by Crippen LogP contribution is 2.39. The summed E-state index contributed by atoms with van der Waals surface area (Å²) in [6.45, 7) is 27.2. The van der Waals surface area contributed by atoms with E-state index in [1.807, 2.05) is 91.8 Å². The SMILES string of the molecule is Cc1cc(CCC(=O)OCC(C)(C)C2OCCCO2)cc(C)c1O.Cc1cc(CCCOOC2CC(C)(C)N(CCOC(=O)CCc3cc(C)c(O)c(C)c3)C(C)(C)C2)cc(C)c1O. The van der Waals surface area contributed by atoms with Crippen molar-refractivity contribution in [1.82, 2.24) is 4.90 Å². The van der Waals surface area contributed by atoms with E-state index in [2.05, 4.69) is 32.6 Å². The van der Waals surface area contributed by atoms with Gasteiger partial charge in [0.15, 0.2) is 6.29 Å². The van der Waals surface area contributed by atoms with E-state index in [1.165, 1.54) is 5.56 Å². The monoisotopic (exact) mass is 892 g/mol. The first-order chi connectivity index (χ1) is 30.0. The number of carbonyl (C=O) groups excluding carboxylic acids is 2. The lowest BCUT2D eigenvalue weighted by atomic mass is 9.78. The zero-order chi connectivity index (χ0) is 47.4. The predicted molar refractivity (Wildman–Crippen MR) is 249 cm³/mol. The van der Waals surface area contributed by atoms with Gasteiger partial charge in [-0.2, -0.15) is 0 Å². The maximum absolute atomic E-state index is 12.4. The van der Waals surface area contributed by atoms with Crippen molar-refractivity contribution >= 4 is 11.9 Å². The Morgan fingerprint density at radius 1 is 0.656 bits per heavy atom. The first-order valence-corrected chi connectivity index (χ1v) is 23.0. The summed E-state index contributed by atoms with van der Waals surface area (Å²) in [6.07, 6.45) is 5.72. The zero-order valence-corrected chi connectivity index (χ0v) is 40.8. The van der Waals surface area contributed by atoms with Gasteiger partial charge in [0.25, 0.3) is 0 Å². The van der Waals surface area contributed by atoms with Crippen LogP contribution in [0, 0.1) is 47.0 Å². The van der Waals surface area contributed by atoms with E-state index in [1.54, 1.807) is 0 Å². The minimum atomic E-state index is -0.373. The molecule has 3 aromatic carbocycles. The van der Waals surface area contributed by atoms with Crippen LogP contribution < -0.4 is 0 Å². The number of benzene rings is 3. The zero-order valence-electron chi connectivity index (χ0n) is 40.8. The quantitative estimate of drug-likeness (QED) is 0.0482. The summed E-state index contributed by atoms with van der Waals surface area (Å²) in [5.41, 5.74) is 7.68. The maximum Gasteiger partial charge on any atom is 0.306 e. The van der Waals surface area contributed by atoms with Crippen LogP contribution in [0.4, 0.5) is 0 Å². The number of ether oxygens (including phenoxy) is 4. The molecule has 5 rings (SSSR count). The minimum Gasteiger partial charge on any atom is -0.507 e. The Labute approximate surface area is 382 Å². The number of aryl methyl sites for hydroxylation is 9. The summed E-state index contributed by atoms with van der Waals surface area (Å²) in [7, 11) is 0. The molecule has 0 atom stereocenters. The third kappa shape index (κ3) is 15.5. The Kier molecular flexibility index (Phi) is 19.1. The fourth-order valence-electron chi connectivity index (χ4n) is 9.11. The van der Waals surface area contributed by atoms with Gasteiger partial charge in [-0.3, -0.25) is 14.5 Å². The predicted octanol–water partition coefficient (Wildman–Crippen LogP) is 9.68. The topological polar surface area (TPSA) is 153 Å². The molecule has 0 aliphatic carbocycles. The molecule has 2 heterocycles. The van der Waals surface area contributed by atoms with Crippen molar-refractivity contribution in [1.29, 1.82) is 0 Å². The molecule has 0 saturated carbocycles. The number of hydrogen-bond donors (Lipinski definition) is 3. The molecule has 0 spiro atoms. The van der Waals surface area contributed by atoms with Crippen LogP contribution in [-0.4, -0.2) is 95.2 Å². The fourth-order valence-corrected chi connectivity index (χ4v) is 9.11. The number of piperidine rings is 1. The molecule has 2 fully saturated rings. The van der Waals surface area contributed by atoms with Crippen molar-refractivity contribution in [2.24, 2.45) is 5.41 Å². The standard InChI is InChI=1S/C33H49NO6.C19H28O5/c1-22-16-26(17-23(2)30(22)36)10-9-14-39-40-28-20-32(5,6)34(33(7,8)21-28)13-15-38-29(35)12-11-27-18-24(3)31(37)25(4)19-27;1-13-10-15(11-14(2)17(13)21)6-7-16(20)24-12-19(3,4)18-22-8-5-9-23-18/h16-19,28,36-37H,9-15,20-21H2,1-8H3;10-11,18,21H,5-9,12H2,1-4H3. The number of aromatic hydroxyl groups is 3. The van der Waals surface area contributed by atoms with Crippen LogP contribution in [0.2, 0.25) is 0 Å². The van der Waals surface area contributed by atoms with Crippen LogP contribution in [-0.2, 0) is 57.6 Å². The van der Waals surface area contributed by atoms with E-state index in [9.17, 15) is 24.9 Å². The second-order valence-electron chi connectivity index (χ2n) is 19.9. The molecular formula is C52H77NO11. The summed E-state index contributed by atoms with van der Waals surface area (Å²) in [6, 6.07) is 11.7. The van der Waals surface area contributed by atoms with Gasteiger partial charge in [0, 0.05) is 35.9 Å². The van der Waals surface area contributed by atoms with Crippen molar-refractivity contribution in [2.75, 3.05) is 39.6 Å². The van der Waals surface area contributed by atoms with Gasteiger partial charge < -0.3 is 34.3 Å². The Balaban J connectivity index is 0.000000318. The highest BCUT2D eigenvalue weighted by atomic mass is 17.2. The number of hydrogen-bond acceptors (Lipinski definition) is 12. The summed E-state index contributed by atoms with van der Waals surface area (Å²) in [5, 5.41) is 29.7. The number of rotatable bonds is 18. The number of likely N-dealkylation sites (tertiary alicyclic amines) is 1. The fraction of sp³-hybridized carbons (Fsp3) is 0.615. The van der Waals surface area contributed by atoms with Gasteiger partial charge in [-0.15, -0.1) is 0 Å². The lowest BCUT2D eigenvalue weighted by molar-refractivity contribution is -0.340. The van der Waals surface area contributed by atoms with E-state index in [4.69, 9.17) is 28.7 Å². The number of carbonyl (C=O) groups is 2. The number of phenolic OH excluding ortho intramolecular Hbond substituents is 3. The summed E-state index contributed by atoms with van der Waals surface area (Å²) in [5.74, 6) is 0.558. The number of nitrogens with zero attached hydrogens (tertiary/aromatic N) is 1. The highest BCUT2D eigenvalue weighted by molar-refractivity contribution is 5.70. The van der Waals surface area contributed by atoms with Gasteiger partial charge in [0.05, 0.1) is 25.9 Å². The molecule has 64 heavy (non-hydrogen) atoms. The second kappa shape index (κ2) is 23.3. The average molecular weight is 892 g/mol.